The zero-order chi connectivity index (χ0) is 13.5. The Morgan fingerprint density at radius 2 is 1.00 bits per heavy atom. The quantitative estimate of drug-likeness (QED) is 0.607. The minimum Gasteiger partial charge on any atom is -0.306 e. The predicted molar refractivity (Wildman–Crippen MR) is 82.1 cm³/mol. The van der Waals surface area contributed by atoms with Crippen LogP contribution in [-0.4, -0.2) is 11.1 Å². The molecule has 1 N–H and O–H groups in total. The minimum atomic E-state index is 0.464. The van der Waals surface area contributed by atoms with Crippen LogP contribution in [0.2, 0.25) is 0 Å². The first-order valence-electron chi connectivity index (χ1n) is 8.45. The highest BCUT2D eigenvalue weighted by molar-refractivity contribution is 5.02. The van der Waals surface area contributed by atoms with Gasteiger partial charge in [-0.25, -0.2) is 0 Å². The van der Waals surface area contributed by atoms with Gasteiger partial charge in [-0.15, -0.1) is 0 Å². The third kappa shape index (κ3) is 3.98. The molecule has 0 spiro atoms. The normalized spacial score (nSPS) is 22.0. The first-order chi connectivity index (χ1) is 8.66. The topological polar surface area (TPSA) is 12.0 Å². The van der Waals surface area contributed by atoms with Gasteiger partial charge in [0.15, 0.2) is 0 Å². The lowest BCUT2D eigenvalue weighted by Crippen LogP contribution is -2.61. The van der Waals surface area contributed by atoms with Crippen LogP contribution in [0.4, 0.5) is 0 Å². The molecule has 0 aromatic heterocycles. The van der Waals surface area contributed by atoms with Gasteiger partial charge in [-0.2, -0.15) is 0 Å². The maximum Gasteiger partial charge on any atom is 0.0186 e. The summed E-state index contributed by atoms with van der Waals surface area (Å²) in [6, 6.07) is 0. The van der Waals surface area contributed by atoms with E-state index in [2.05, 4.69) is 33.0 Å². The molecule has 1 nitrogen and oxygen atoms in total. The lowest BCUT2D eigenvalue weighted by atomic mass is 9.71. The summed E-state index contributed by atoms with van der Waals surface area (Å²) in [5.74, 6) is 0. The second-order valence-corrected chi connectivity index (χ2v) is 6.54. The number of hydrogen-bond donors (Lipinski definition) is 1. The van der Waals surface area contributed by atoms with Gasteiger partial charge in [0, 0.05) is 11.1 Å². The van der Waals surface area contributed by atoms with Crippen LogP contribution in [0.15, 0.2) is 0 Å². The summed E-state index contributed by atoms with van der Waals surface area (Å²) in [5, 5.41) is 4.18. The van der Waals surface area contributed by atoms with E-state index >= 15 is 0 Å². The van der Waals surface area contributed by atoms with E-state index in [-0.39, 0.29) is 0 Å². The lowest BCUT2D eigenvalue weighted by molar-refractivity contribution is 0.0931. The summed E-state index contributed by atoms with van der Waals surface area (Å²) in [4.78, 5) is 0. The van der Waals surface area contributed by atoms with Gasteiger partial charge in [0.25, 0.3) is 0 Å². The fourth-order valence-corrected chi connectivity index (χ4v) is 4.37. The average Bonchev–Trinajstić information content (AvgIpc) is 2.30. The molecule has 1 fully saturated rings. The first kappa shape index (κ1) is 16.0. The number of hydrogen-bond acceptors (Lipinski definition) is 1. The maximum atomic E-state index is 4.18. The van der Waals surface area contributed by atoms with E-state index in [9.17, 15) is 0 Å². The van der Waals surface area contributed by atoms with E-state index in [4.69, 9.17) is 0 Å². The van der Waals surface area contributed by atoms with Gasteiger partial charge in [0.05, 0.1) is 0 Å². The Balaban J connectivity index is 2.81. The molecule has 0 amide bonds. The third-order valence-electron chi connectivity index (χ3n) is 4.76. The van der Waals surface area contributed by atoms with Gasteiger partial charge in [-0.05, 0) is 44.9 Å². The summed E-state index contributed by atoms with van der Waals surface area (Å²) in [6.07, 6.45) is 15.0. The lowest BCUT2D eigenvalue weighted by Gasteiger charge is -2.50. The van der Waals surface area contributed by atoms with E-state index in [0.29, 0.717) is 11.1 Å². The molecule has 0 atom stereocenters. The SMILES string of the molecule is CCCC1(CCC)CCCC(CCC)(CCC)N1. The molecule has 0 bridgehead atoms. The van der Waals surface area contributed by atoms with Gasteiger partial charge in [0.2, 0.25) is 0 Å². The molecule has 18 heavy (non-hydrogen) atoms. The summed E-state index contributed by atoms with van der Waals surface area (Å²) in [5.41, 5.74) is 0.929. The zero-order valence-electron chi connectivity index (χ0n) is 13.3. The van der Waals surface area contributed by atoms with Crippen molar-refractivity contribution in [2.45, 2.75) is 109 Å². The van der Waals surface area contributed by atoms with Crippen molar-refractivity contribution in [3.63, 3.8) is 0 Å². The van der Waals surface area contributed by atoms with Crippen LogP contribution in [0.5, 0.6) is 0 Å². The van der Waals surface area contributed by atoms with Crippen LogP contribution in [0.25, 0.3) is 0 Å². The highest BCUT2D eigenvalue weighted by Gasteiger charge is 2.41. The summed E-state index contributed by atoms with van der Waals surface area (Å²) in [7, 11) is 0. The number of nitrogens with one attached hydrogen (secondary N) is 1. The van der Waals surface area contributed by atoms with Crippen LogP contribution in [0, 0.1) is 0 Å². The number of piperidine rings is 1. The molecule has 1 heterocycles. The van der Waals surface area contributed by atoms with E-state index in [1.807, 2.05) is 0 Å². The first-order valence-corrected chi connectivity index (χ1v) is 8.45. The van der Waals surface area contributed by atoms with Crippen LogP contribution >= 0.6 is 0 Å². The van der Waals surface area contributed by atoms with Crippen LogP contribution in [0.3, 0.4) is 0 Å². The average molecular weight is 253 g/mol. The molecule has 0 saturated carbocycles. The van der Waals surface area contributed by atoms with Gasteiger partial charge >= 0.3 is 0 Å². The molecule has 1 heteroatoms. The second-order valence-electron chi connectivity index (χ2n) is 6.54. The Kier molecular flexibility index (Phi) is 6.70. The van der Waals surface area contributed by atoms with E-state index in [1.165, 1.54) is 70.6 Å². The molecule has 0 aliphatic carbocycles. The van der Waals surface area contributed by atoms with Crippen LogP contribution in [0.1, 0.15) is 98.3 Å². The van der Waals surface area contributed by atoms with Crippen molar-refractivity contribution in [1.82, 2.24) is 5.32 Å². The van der Waals surface area contributed by atoms with Gasteiger partial charge < -0.3 is 5.32 Å². The molecule has 108 valence electrons. The van der Waals surface area contributed by atoms with Crippen molar-refractivity contribution in [2.24, 2.45) is 0 Å². The molecule has 0 aromatic rings. The van der Waals surface area contributed by atoms with Crippen LogP contribution < -0.4 is 5.32 Å². The van der Waals surface area contributed by atoms with E-state index in [1.54, 1.807) is 0 Å². The Morgan fingerprint density at radius 3 is 1.28 bits per heavy atom. The molecule has 0 radical (unpaired) electrons. The Hall–Kier alpha value is -0.0400. The van der Waals surface area contributed by atoms with Crippen molar-refractivity contribution in [3.8, 4) is 0 Å². The zero-order valence-corrected chi connectivity index (χ0v) is 13.3. The Labute approximate surface area is 115 Å². The fraction of sp³-hybridized carbons (Fsp3) is 1.00. The van der Waals surface area contributed by atoms with Crippen molar-refractivity contribution >= 4 is 0 Å². The summed E-state index contributed by atoms with van der Waals surface area (Å²) in [6.45, 7) is 9.37. The highest BCUT2D eigenvalue weighted by atomic mass is 15.1. The molecule has 0 unspecified atom stereocenters. The predicted octanol–water partition coefficient (Wildman–Crippen LogP) is 5.44. The highest BCUT2D eigenvalue weighted by Crippen LogP contribution is 2.39. The second kappa shape index (κ2) is 7.53. The molecule has 1 rings (SSSR count). The largest absolute Gasteiger partial charge is 0.306 e. The van der Waals surface area contributed by atoms with Crippen molar-refractivity contribution in [3.05, 3.63) is 0 Å². The Morgan fingerprint density at radius 1 is 0.667 bits per heavy atom. The summed E-state index contributed by atoms with van der Waals surface area (Å²) >= 11 is 0. The molecular formula is C17H35N. The molecule has 1 aliphatic heterocycles. The molecule has 0 aromatic carbocycles. The monoisotopic (exact) mass is 253 g/mol. The van der Waals surface area contributed by atoms with Gasteiger partial charge in [-0.3, -0.25) is 0 Å². The minimum absolute atomic E-state index is 0.464. The molecule has 1 saturated heterocycles. The van der Waals surface area contributed by atoms with Gasteiger partial charge in [-0.1, -0.05) is 53.4 Å². The van der Waals surface area contributed by atoms with E-state index < -0.39 is 0 Å². The van der Waals surface area contributed by atoms with Crippen LogP contribution in [-0.2, 0) is 0 Å². The molecule has 1 aliphatic rings. The fourth-order valence-electron chi connectivity index (χ4n) is 4.37. The Bertz CT molecular complexity index is 177. The van der Waals surface area contributed by atoms with Crippen molar-refractivity contribution in [1.29, 1.82) is 0 Å². The number of rotatable bonds is 8. The smallest absolute Gasteiger partial charge is 0.0186 e. The van der Waals surface area contributed by atoms with Gasteiger partial charge in [0.1, 0.15) is 0 Å². The van der Waals surface area contributed by atoms with Crippen molar-refractivity contribution in [2.75, 3.05) is 0 Å². The molecular weight excluding hydrogens is 218 g/mol. The van der Waals surface area contributed by atoms with Crippen molar-refractivity contribution < 1.29 is 0 Å². The van der Waals surface area contributed by atoms with E-state index in [0.717, 1.165) is 0 Å². The maximum absolute atomic E-state index is 4.18. The summed E-state index contributed by atoms with van der Waals surface area (Å²) < 4.78 is 0. The standard InChI is InChI=1S/C17H35N/c1-5-10-16(11-6-2)14-9-15-17(18-16,12-7-3)13-8-4/h18H,5-15H2,1-4H3. The third-order valence-corrected chi connectivity index (χ3v) is 4.76.